The highest BCUT2D eigenvalue weighted by atomic mass is 15.1. The van der Waals surface area contributed by atoms with Gasteiger partial charge in [0.05, 0.1) is 6.33 Å². The Balaban J connectivity index is 1.83. The molecular weight excluding hydrogens is 228 g/mol. The number of nitrogen functional groups attached to an aromatic ring is 1. The molecule has 0 aliphatic heterocycles. The number of aromatic amines is 1. The number of hydrogen-bond donors (Lipinski definition) is 3. The fourth-order valence-electron chi connectivity index (χ4n) is 2.58. The van der Waals surface area contributed by atoms with Crippen LogP contribution in [0.2, 0.25) is 0 Å². The minimum absolute atomic E-state index is 0.260. The van der Waals surface area contributed by atoms with Crippen LogP contribution in [0.5, 0.6) is 0 Å². The molecule has 96 valence electrons. The van der Waals surface area contributed by atoms with Crippen LogP contribution in [0.4, 0.5) is 11.8 Å². The predicted molar refractivity (Wildman–Crippen MR) is 71.2 cm³/mol. The molecule has 2 aromatic rings. The third-order valence-electron chi connectivity index (χ3n) is 4.10. The van der Waals surface area contributed by atoms with E-state index in [1.165, 1.54) is 25.7 Å². The average molecular weight is 246 g/mol. The minimum Gasteiger partial charge on any atom is -0.368 e. The van der Waals surface area contributed by atoms with Crippen LogP contribution >= 0.6 is 0 Å². The lowest BCUT2D eigenvalue weighted by molar-refractivity contribution is 0.145. The number of H-pyrrole nitrogens is 1. The summed E-state index contributed by atoms with van der Waals surface area (Å²) in [5.41, 5.74) is 7.57. The van der Waals surface area contributed by atoms with Crippen LogP contribution in [0.15, 0.2) is 6.33 Å². The number of imidazole rings is 1. The second-order valence-electron chi connectivity index (χ2n) is 5.09. The van der Waals surface area contributed by atoms with E-state index in [1.807, 2.05) is 0 Å². The Hall–Kier alpha value is -1.85. The number of fused-ring (bicyclic) bond motifs is 1. The van der Waals surface area contributed by atoms with Crippen LogP contribution < -0.4 is 11.1 Å². The first-order chi connectivity index (χ1) is 8.72. The van der Waals surface area contributed by atoms with Gasteiger partial charge in [-0.3, -0.25) is 0 Å². The van der Waals surface area contributed by atoms with Crippen LogP contribution in [0.1, 0.15) is 32.6 Å². The van der Waals surface area contributed by atoms with Crippen molar-refractivity contribution in [3.8, 4) is 0 Å². The molecule has 3 rings (SSSR count). The van der Waals surface area contributed by atoms with E-state index in [9.17, 15) is 0 Å². The lowest BCUT2D eigenvalue weighted by atomic mass is 9.67. The van der Waals surface area contributed by atoms with Crippen molar-refractivity contribution in [1.29, 1.82) is 0 Å². The van der Waals surface area contributed by atoms with Crippen LogP contribution in [-0.2, 0) is 0 Å². The molecule has 6 heteroatoms. The van der Waals surface area contributed by atoms with Gasteiger partial charge in [-0.25, -0.2) is 4.98 Å². The van der Waals surface area contributed by atoms with Gasteiger partial charge < -0.3 is 16.0 Å². The summed E-state index contributed by atoms with van der Waals surface area (Å²) in [4.78, 5) is 15.5. The molecule has 0 saturated heterocycles. The number of nitrogens with zero attached hydrogens (tertiary/aromatic N) is 3. The van der Waals surface area contributed by atoms with E-state index in [-0.39, 0.29) is 5.95 Å². The van der Waals surface area contributed by atoms with Gasteiger partial charge in [0.2, 0.25) is 5.95 Å². The van der Waals surface area contributed by atoms with Crippen molar-refractivity contribution < 1.29 is 0 Å². The van der Waals surface area contributed by atoms with Gasteiger partial charge in [0.1, 0.15) is 5.52 Å². The molecule has 1 aliphatic rings. The first kappa shape index (κ1) is 11.3. The Morgan fingerprint density at radius 3 is 2.94 bits per heavy atom. The smallest absolute Gasteiger partial charge is 0.224 e. The fraction of sp³-hybridized carbons (Fsp3) is 0.583. The number of nitrogens with two attached hydrogens (primary N) is 1. The zero-order valence-electron chi connectivity index (χ0n) is 10.5. The Morgan fingerprint density at radius 2 is 2.28 bits per heavy atom. The van der Waals surface area contributed by atoms with Crippen LogP contribution in [0.3, 0.4) is 0 Å². The number of nitrogens with one attached hydrogen (secondary N) is 2. The van der Waals surface area contributed by atoms with E-state index in [2.05, 4.69) is 32.2 Å². The second-order valence-corrected chi connectivity index (χ2v) is 5.09. The van der Waals surface area contributed by atoms with Gasteiger partial charge in [0, 0.05) is 6.54 Å². The second kappa shape index (κ2) is 4.12. The van der Waals surface area contributed by atoms with E-state index in [0.29, 0.717) is 11.1 Å². The molecule has 0 amide bonds. The Morgan fingerprint density at radius 1 is 1.44 bits per heavy atom. The molecule has 4 N–H and O–H groups in total. The van der Waals surface area contributed by atoms with Gasteiger partial charge in [0.25, 0.3) is 0 Å². The molecule has 0 bridgehead atoms. The maximum atomic E-state index is 5.69. The molecule has 0 atom stereocenters. The predicted octanol–water partition coefficient (Wildman–Crippen LogP) is 1.93. The van der Waals surface area contributed by atoms with Gasteiger partial charge >= 0.3 is 0 Å². The molecule has 0 unspecified atom stereocenters. The summed E-state index contributed by atoms with van der Waals surface area (Å²) in [6, 6.07) is 0. The summed E-state index contributed by atoms with van der Waals surface area (Å²) < 4.78 is 0. The maximum Gasteiger partial charge on any atom is 0.224 e. The molecule has 1 aliphatic carbocycles. The molecule has 1 fully saturated rings. The summed E-state index contributed by atoms with van der Waals surface area (Å²) in [5.74, 6) is 1.02. The third kappa shape index (κ3) is 1.77. The zero-order chi connectivity index (χ0) is 12.6. The Kier molecular flexibility index (Phi) is 2.57. The molecule has 0 aromatic carbocycles. The van der Waals surface area contributed by atoms with Gasteiger partial charge in [-0.15, -0.1) is 0 Å². The monoisotopic (exact) mass is 246 g/mol. The van der Waals surface area contributed by atoms with Crippen LogP contribution in [0.25, 0.3) is 11.2 Å². The van der Waals surface area contributed by atoms with Crippen molar-refractivity contribution in [1.82, 2.24) is 19.9 Å². The maximum absolute atomic E-state index is 5.69. The molecule has 1 saturated carbocycles. The van der Waals surface area contributed by atoms with Crippen LogP contribution in [-0.4, -0.2) is 26.5 Å². The number of hydrogen-bond acceptors (Lipinski definition) is 5. The van der Waals surface area contributed by atoms with Gasteiger partial charge in [-0.05, 0) is 24.7 Å². The first-order valence-electron chi connectivity index (χ1n) is 6.43. The van der Waals surface area contributed by atoms with Crippen molar-refractivity contribution in [3.05, 3.63) is 6.33 Å². The van der Waals surface area contributed by atoms with Crippen molar-refractivity contribution in [2.24, 2.45) is 5.41 Å². The fourth-order valence-corrected chi connectivity index (χ4v) is 2.58. The topological polar surface area (TPSA) is 92.5 Å². The van der Waals surface area contributed by atoms with Crippen molar-refractivity contribution in [2.45, 2.75) is 32.6 Å². The van der Waals surface area contributed by atoms with E-state index in [0.717, 1.165) is 17.9 Å². The molecule has 2 heterocycles. The highest BCUT2D eigenvalue weighted by Gasteiger charge is 2.34. The number of aromatic nitrogens is 4. The van der Waals surface area contributed by atoms with E-state index >= 15 is 0 Å². The van der Waals surface area contributed by atoms with Crippen molar-refractivity contribution in [3.63, 3.8) is 0 Å². The average Bonchev–Trinajstić information content (AvgIpc) is 2.75. The summed E-state index contributed by atoms with van der Waals surface area (Å²) in [7, 11) is 0. The lowest BCUT2D eigenvalue weighted by Gasteiger charge is -2.41. The summed E-state index contributed by atoms with van der Waals surface area (Å²) >= 11 is 0. The largest absolute Gasteiger partial charge is 0.368 e. The Labute approximate surface area is 105 Å². The van der Waals surface area contributed by atoms with Gasteiger partial charge in [0.15, 0.2) is 11.5 Å². The highest BCUT2D eigenvalue weighted by Crippen LogP contribution is 2.43. The van der Waals surface area contributed by atoms with Crippen LogP contribution in [0, 0.1) is 5.41 Å². The zero-order valence-corrected chi connectivity index (χ0v) is 10.5. The van der Waals surface area contributed by atoms with Crippen molar-refractivity contribution in [2.75, 3.05) is 17.6 Å². The van der Waals surface area contributed by atoms with E-state index in [4.69, 9.17) is 5.73 Å². The molecule has 18 heavy (non-hydrogen) atoms. The van der Waals surface area contributed by atoms with E-state index in [1.54, 1.807) is 6.33 Å². The summed E-state index contributed by atoms with van der Waals surface area (Å²) in [6.07, 6.45) is 6.74. The minimum atomic E-state index is 0.260. The quantitative estimate of drug-likeness (QED) is 0.766. The molecule has 2 aromatic heterocycles. The normalized spacial score (nSPS) is 17.6. The summed E-state index contributed by atoms with van der Waals surface area (Å²) in [5, 5.41) is 3.41. The van der Waals surface area contributed by atoms with Crippen molar-refractivity contribution >= 4 is 22.9 Å². The standard InChI is InChI=1S/C12H18N6/c1-2-12(4-3-5-12)6-14-9-8-10(16-7-15-8)18-11(13)17-9/h7H,2-6H2,1H3,(H4,13,14,15,16,17,18). The molecule has 0 radical (unpaired) electrons. The first-order valence-corrected chi connectivity index (χ1v) is 6.43. The molecular formula is C12H18N6. The lowest BCUT2D eigenvalue weighted by Crippen LogP contribution is -2.36. The Bertz CT molecular complexity index is 551. The SMILES string of the molecule is CCC1(CNc2nc(N)nc3nc[nH]c23)CCC1. The number of anilines is 2. The molecule has 0 spiro atoms. The third-order valence-corrected chi connectivity index (χ3v) is 4.10. The number of rotatable bonds is 4. The van der Waals surface area contributed by atoms with E-state index < -0.39 is 0 Å². The molecule has 6 nitrogen and oxygen atoms in total. The van der Waals surface area contributed by atoms with Gasteiger partial charge in [-0.1, -0.05) is 13.3 Å². The summed E-state index contributed by atoms with van der Waals surface area (Å²) in [6.45, 7) is 3.19. The highest BCUT2D eigenvalue weighted by molar-refractivity contribution is 5.83. The van der Waals surface area contributed by atoms with Gasteiger partial charge in [-0.2, -0.15) is 9.97 Å².